The standard InChI is InChI=1S/C12H10BrN3O5/c13-7-3-8(16(18)19)5-10(4-7)20-6-9-1-2-11(21-9)12(17)15-14/h1-5H,6,14H2,(H,15,17). The van der Waals surface area contributed by atoms with Gasteiger partial charge in [0.2, 0.25) is 0 Å². The van der Waals surface area contributed by atoms with Crippen molar-refractivity contribution in [3.63, 3.8) is 0 Å². The topological polar surface area (TPSA) is 121 Å². The lowest BCUT2D eigenvalue weighted by molar-refractivity contribution is -0.385. The van der Waals surface area contributed by atoms with E-state index in [1.807, 2.05) is 5.43 Å². The molecule has 8 nitrogen and oxygen atoms in total. The molecule has 3 N–H and O–H groups in total. The third-order valence-corrected chi connectivity index (χ3v) is 2.92. The van der Waals surface area contributed by atoms with Gasteiger partial charge in [0.25, 0.3) is 5.69 Å². The number of nitro groups is 1. The van der Waals surface area contributed by atoms with Crippen molar-refractivity contribution in [2.45, 2.75) is 6.61 Å². The first-order valence-corrected chi connectivity index (χ1v) is 6.46. The molecule has 1 aromatic heterocycles. The van der Waals surface area contributed by atoms with Crippen molar-refractivity contribution < 1.29 is 18.9 Å². The molecule has 0 radical (unpaired) electrons. The van der Waals surface area contributed by atoms with Crippen LogP contribution in [0.4, 0.5) is 5.69 Å². The Labute approximate surface area is 127 Å². The Morgan fingerprint density at radius 2 is 2.19 bits per heavy atom. The molecule has 0 saturated carbocycles. The second-order valence-electron chi connectivity index (χ2n) is 3.93. The van der Waals surface area contributed by atoms with Crippen LogP contribution in [0.25, 0.3) is 0 Å². The highest BCUT2D eigenvalue weighted by Crippen LogP contribution is 2.26. The maximum absolute atomic E-state index is 11.2. The van der Waals surface area contributed by atoms with E-state index in [2.05, 4.69) is 15.9 Å². The number of hydrazine groups is 1. The van der Waals surface area contributed by atoms with Gasteiger partial charge in [0.1, 0.15) is 18.1 Å². The summed E-state index contributed by atoms with van der Waals surface area (Å²) < 4.78 is 11.1. The molecule has 0 unspecified atom stereocenters. The van der Waals surface area contributed by atoms with Crippen LogP contribution in [0.3, 0.4) is 0 Å². The smallest absolute Gasteiger partial charge is 0.300 e. The Morgan fingerprint density at radius 1 is 1.43 bits per heavy atom. The van der Waals surface area contributed by atoms with E-state index in [1.54, 1.807) is 12.1 Å². The fourth-order valence-corrected chi connectivity index (χ4v) is 2.00. The molecule has 110 valence electrons. The molecule has 0 atom stereocenters. The van der Waals surface area contributed by atoms with E-state index in [-0.39, 0.29) is 18.1 Å². The quantitative estimate of drug-likeness (QED) is 0.366. The summed E-state index contributed by atoms with van der Waals surface area (Å²) in [6, 6.07) is 7.25. The second kappa shape index (κ2) is 6.37. The molecule has 1 heterocycles. The Hall–Kier alpha value is -2.39. The second-order valence-corrected chi connectivity index (χ2v) is 4.85. The minimum absolute atomic E-state index is 0.0193. The number of hydrogen-bond donors (Lipinski definition) is 2. The number of carbonyl (C=O) groups excluding carboxylic acids is 1. The van der Waals surface area contributed by atoms with Gasteiger partial charge in [-0.05, 0) is 18.2 Å². The Bertz CT molecular complexity index is 685. The molecule has 0 aliphatic rings. The Kier molecular flexibility index (Phi) is 4.55. The number of nitrogens with two attached hydrogens (primary N) is 1. The number of nitrogens with one attached hydrogen (secondary N) is 1. The van der Waals surface area contributed by atoms with Gasteiger partial charge in [0.15, 0.2) is 5.76 Å². The van der Waals surface area contributed by atoms with Gasteiger partial charge < -0.3 is 9.15 Å². The van der Waals surface area contributed by atoms with Gasteiger partial charge in [-0.2, -0.15) is 0 Å². The molecule has 0 aliphatic carbocycles. The van der Waals surface area contributed by atoms with Gasteiger partial charge in [-0.15, -0.1) is 0 Å². The van der Waals surface area contributed by atoms with Crippen LogP contribution >= 0.6 is 15.9 Å². The zero-order valence-corrected chi connectivity index (χ0v) is 12.1. The first-order chi connectivity index (χ1) is 9.99. The van der Waals surface area contributed by atoms with Crippen LogP contribution in [0, 0.1) is 10.1 Å². The minimum atomic E-state index is -0.556. The molecule has 0 bridgehead atoms. The van der Waals surface area contributed by atoms with Crippen LogP contribution in [0.2, 0.25) is 0 Å². The monoisotopic (exact) mass is 355 g/mol. The molecule has 1 amide bonds. The van der Waals surface area contributed by atoms with E-state index in [0.717, 1.165) is 0 Å². The number of nitrogen functional groups attached to an aromatic ring is 1. The number of carbonyl (C=O) groups is 1. The van der Waals surface area contributed by atoms with Gasteiger partial charge in [0, 0.05) is 10.5 Å². The SMILES string of the molecule is NNC(=O)c1ccc(COc2cc(Br)cc([N+](=O)[O-])c2)o1. The molecule has 2 rings (SSSR count). The molecule has 9 heteroatoms. The lowest BCUT2D eigenvalue weighted by Gasteiger charge is -2.05. The minimum Gasteiger partial charge on any atom is -0.485 e. The molecule has 2 aromatic rings. The van der Waals surface area contributed by atoms with E-state index >= 15 is 0 Å². The number of nitrogens with zero attached hydrogens (tertiary/aromatic N) is 1. The predicted molar refractivity (Wildman–Crippen MR) is 75.5 cm³/mol. The number of furan rings is 1. The van der Waals surface area contributed by atoms with Gasteiger partial charge in [-0.25, -0.2) is 5.84 Å². The zero-order valence-electron chi connectivity index (χ0n) is 10.5. The summed E-state index contributed by atoms with van der Waals surface area (Å²) in [6.45, 7) is 0.0193. The summed E-state index contributed by atoms with van der Waals surface area (Å²) in [5.74, 6) is 5.16. The summed E-state index contributed by atoms with van der Waals surface area (Å²) in [4.78, 5) is 21.4. The number of nitro benzene ring substituents is 1. The van der Waals surface area contributed by atoms with Crippen LogP contribution in [-0.4, -0.2) is 10.8 Å². The fraction of sp³-hybridized carbons (Fsp3) is 0.0833. The summed E-state index contributed by atoms with van der Waals surface area (Å²) >= 11 is 3.17. The highest BCUT2D eigenvalue weighted by molar-refractivity contribution is 9.10. The van der Waals surface area contributed by atoms with Crippen LogP contribution in [-0.2, 0) is 6.61 Å². The summed E-state index contributed by atoms with van der Waals surface area (Å²) in [5, 5.41) is 10.7. The lowest BCUT2D eigenvalue weighted by atomic mass is 10.3. The maximum atomic E-state index is 11.2. The Morgan fingerprint density at radius 3 is 2.86 bits per heavy atom. The van der Waals surface area contributed by atoms with Crippen molar-refractivity contribution in [1.82, 2.24) is 5.43 Å². The number of benzene rings is 1. The molecular formula is C12H10BrN3O5. The van der Waals surface area contributed by atoms with Gasteiger partial charge >= 0.3 is 5.91 Å². The number of hydrogen-bond acceptors (Lipinski definition) is 6. The van der Waals surface area contributed by atoms with Crippen molar-refractivity contribution >= 4 is 27.5 Å². The number of amides is 1. The van der Waals surface area contributed by atoms with Crippen LogP contribution in [0.5, 0.6) is 5.75 Å². The molecule has 21 heavy (non-hydrogen) atoms. The van der Waals surface area contributed by atoms with E-state index in [9.17, 15) is 14.9 Å². The largest absolute Gasteiger partial charge is 0.485 e. The van der Waals surface area contributed by atoms with E-state index in [4.69, 9.17) is 15.0 Å². The van der Waals surface area contributed by atoms with Gasteiger partial charge in [-0.3, -0.25) is 20.3 Å². The summed E-state index contributed by atoms with van der Waals surface area (Å²) in [6.07, 6.45) is 0. The van der Waals surface area contributed by atoms with Crippen molar-refractivity contribution in [1.29, 1.82) is 0 Å². The average Bonchev–Trinajstić information content (AvgIpc) is 2.92. The van der Waals surface area contributed by atoms with Crippen molar-refractivity contribution in [2.75, 3.05) is 0 Å². The predicted octanol–water partition coefficient (Wildman–Crippen LogP) is 2.13. The normalized spacial score (nSPS) is 10.2. The number of non-ortho nitro benzene ring substituents is 1. The zero-order chi connectivity index (χ0) is 15.4. The number of halogens is 1. The first-order valence-electron chi connectivity index (χ1n) is 5.67. The third kappa shape index (κ3) is 3.80. The molecule has 0 fully saturated rings. The third-order valence-electron chi connectivity index (χ3n) is 2.46. The molecule has 0 spiro atoms. The Balaban J connectivity index is 2.07. The van der Waals surface area contributed by atoms with Crippen molar-refractivity contribution in [3.05, 3.63) is 56.4 Å². The first kappa shape index (κ1) is 15.0. The highest BCUT2D eigenvalue weighted by Gasteiger charge is 2.12. The van der Waals surface area contributed by atoms with Gasteiger partial charge in [-0.1, -0.05) is 15.9 Å². The average molecular weight is 356 g/mol. The molecule has 1 aromatic carbocycles. The van der Waals surface area contributed by atoms with Crippen LogP contribution in [0.15, 0.2) is 39.2 Å². The van der Waals surface area contributed by atoms with Crippen molar-refractivity contribution in [3.8, 4) is 5.75 Å². The molecular weight excluding hydrogens is 346 g/mol. The number of ether oxygens (including phenoxy) is 1. The van der Waals surface area contributed by atoms with Gasteiger partial charge in [0.05, 0.1) is 11.0 Å². The van der Waals surface area contributed by atoms with E-state index in [0.29, 0.717) is 16.0 Å². The van der Waals surface area contributed by atoms with E-state index < -0.39 is 10.8 Å². The highest BCUT2D eigenvalue weighted by atomic mass is 79.9. The molecule has 0 aliphatic heterocycles. The van der Waals surface area contributed by atoms with E-state index in [1.165, 1.54) is 18.2 Å². The maximum Gasteiger partial charge on any atom is 0.300 e. The lowest BCUT2D eigenvalue weighted by Crippen LogP contribution is -2.29. The molecule has 0 saturated heterocycles. The summed E-state index contributed by atoms with van der Waals surface area (Å²) in [5.41, 5.74) is 1.85. The van der Waals surface area contributed by atoms with Crippen molar-refractivity contribution in [2.24, 2.45) is 5.84 Å². The van der Waals surface area contributed by atoms with Crippen LogP contribution in [0.1, 0.15) is 16.3 Å². The fourth-order valence-electron chi connectivity index (χ4n) is 1.54. The summed E-state index contributed by atoms with van der Waals surface area (Å²) in [7, 11) is 0. The van der Waals surface area contributed by atoms with Crippen LogP contribution < -0.4 is 16.0 Å². The number of rotatable bonds is 5.